The Morgan fingerprint density at radius 3 is 2.11 bits per heavy atom. The molecule has 0 spiro atoms. The second kappa shape index (κ2) is 10.0. The maximum atomic E-state index is 12.3. The smallest absolute Gasteiger partial charge is 0.311 e. The van der Waals surface area contributed by atoms with E-state index in [2.05, 4.69) is 15.1 Å². The third-order valence-corrected chi connectivity index (χ3v) is 6.59. The Hall–Kier alpha value is -3.51. The Bertz CT molecular complexity index is 1280. The van der Waals surface area contributed by atoms with Crippen molar-refractivity contribution in [3.63, 3.8) is 0 Å². The molecule has 0 bridgehead atoms. The molecule has 0 unspecified atom stereocenters. The lowest BCUT2D eigenvalue weighted by Crippen LogP contribution is -2.39. The maximum absolute atomic E-state index is 12.3. The number of allylic oxidation sites excluding steroid dienone is 1. The summed E-state index contributed by atoms with van der Waals surface area (Å²) in [5.41, 5.74) is 1.84. The number of benzene rings is 2. The standard InChI is InChI=1S/C26H30N4O4S/c1-25(2,3)24(31)34-26(4)14-15-30(18-26)22-12-10-21(11-13-22)29-28-20-8-6-19(7-9-20)16-23(17-27)35(5,32)33/h6-13,16H,14-15,18H2,1-5H3/b23-16-,29-28?/t26-/m0/s1. The van der Waals surface area contributed by atoms with Crippen LogP contribution in [0.5, 0.6) is 0 Å². The Labute approximate surface area is 206 Å². The average molecular weight is 495 g/mol. The number of azo groups is 1. The number of carbonyl (C=O) groups excluding carboxylic acids is 1. The van der Waals surface area contributed by atoms with Crippen molar-refractivity contribution in [2.75, 3.05) is 24.2 Å². The number of ether oxygens (including phenoxy) is 1. The fourth-order valence-corrected chi connectivity index (χ4v) is 3.99. The van der Waals surface area contributed by atoms with Crippen LogP contribution in [0.2, 0.25) is 0 Å². The molecule has 1 fully saturated rings. The van der Waals surface area contributed by atoms with Crippen LogP contribution in [0, 0.1) is 16.7 Å². The highest BCUT2D eigenvalue weighted by molar-refractivity contribution is 7.95. The van der Waals surface area contributed by atoms with Gasteiger partial charge in [-0.3, -0.25) is 4.79 Å². The number of sulfone groups is 1. The number of esters is 1. The van der Waals surface area contributed by atoms with E-state index in [4.69, 9.17) is 10.00 Å². The van der Waals surface area contributed by atoms with Crippen LogP contribution in [0.15, 0.2) is 63.7 Å². The first-order valence-electron chi connectivity index (χ1n) is 11.2. The molecule has 0 saturated carbocycles. The largest absolute Gasteiger partial charge is 0.457 e. The fourth-order valence-electron chi connectivity index (χ4n) is 3.47. The van der Waals surface area contributed by atoms with E-state index in [1.54, 1.807) is 30.3 Å². The minimum Gasteiger partial charge on any atom is -0.457 e. The fraction of sp³-hybridized carbons (Fsp3) is 0.385. The van der Waals surface area contributed by atoms with Crippen molar-refractivity contribution >= 4 is 38.9 Å². The Morgan fingerprint density at radius 1 is 1.09 bits per heavy atom. The van der Waals surface area contributed by atoms with Gasteiger partial charge in [0.1, 0.15) is 16.6 Å². The zero-order chi connectivity index (χ0) is 25.9. The van der Waals surface area contributed by atoms with Crippen molar-refractivity contribution in [2.24, 2.45) is 15.6 Å². The molecule has 1 aliphatic heterocycles. The van der Waals surface area contributed by atoms with E-state index >= 15 is 0 Å². The summed E-state index contributed by atoms with van der Waals surface area (Å²) in [7, 11) is -3.56. The Morgan fingerprint density at radius 2 is 1.63 bits per heavy atom. The third kappa shape index (κ3) is 6.99. The Kier molecular flexibility index (Phi) is 7.46. The van der Waals surface area contributed by atoms with E-state index in [0.717, 1.165) is 24.9 Å². The number of carbonyl (C=O) groups is 1. The zero-order valence-electron chi connectivity index (χ0n) is 20.6. The van der Waals surface area contributed by atoms with Gasteiger partial charge in [0.2, 0.25) is 0 Å². The van der Waals surface area contributed by atoms with Crippen LogP contribution in [0.3, 0.4) is 0 Å². The quantitative estimate of drug-likeness (QED) is 0.295. The van der Waals surface area contributed by atoms with E-state index in [9.17, 15) is 13.2 Å². The van der Waals surface area contributed by atoms with Crippen LogP contribution in [-0.2, 0) is 19.4 Å². The first-order valence-corrected chi connectivity index (χ1v) is 13.1. The minimum absolute atomic E-state index is 0.192. The van der Waals surface area contributed by atoms with Gasteiger partial charge in [0.25, 0.3) is 0 Å². The molecule has 35 heavy (non-hydrogen) atoms. The molecule has 0 aromatic heterocycles. The highest BCUT2D eigenvalue weighted by Gasteiger charge is 2.39. The van der Waals surface area contributed by atoms with Gasteiger partial charge in [0.05, 0.1) is 23.3 Å². The lowest BCUT2D eigenvalue weighted by Gasteiger charge is -2.29. The molecule has 1 aliphatic rings. The van der Waals surface area contributed by atoms with Crippen molar-refractivity contribution in [1.82, 2.24) is 0 Å². The molecule has 2 aromatic rings. The molecule has 9 heteroatoms. The van der Waals surface area contributed by atoms with Crippen LogP contribution >= 0.6 is 0 Å². The molecular weight excluding hydrogens is 464 g/mol. The predicted molar refractivity (Wildman–Crippen MR) is 136 cm³/mol. The third-order valence-electron chi connectivity index (χ3n) is 5.58. The van der Waals surface area contributed by atoms with Gasteiger partial charge in [-0.05, 0) is 75.7 Å². The predicted octanol–water partition coefficient (Wildman–Crippen LogP) is 5.57. The molecular formula is C26H30N4O4S. The van der Waals surface area contributed by atoms with Crippen molar-refractivity contribution in [3.8, 4) is 6.07 Å². The normalized spacial score (nSPS) is 19.1. The lowest BCUT2D eigenvalue weighted by atomic mass is 9.96. The van der Waals surface area contributed by atoms with Gasteiger partial charge in [-0.25, -0.2) is 8.42 Å². The summed E-state index contributed by atoms with van der Waals surface area (Å²) in [4.78, 5) is 14.2. The number of hydrogen-bond acceptors (Lipinski definition) is 8. The first kappa shape index (κ1) is 26.1. The van der Waals surface area contributed by atoms with E-state index < -0.39 is 20.9 Å². The molecule has 0 radical (unpaired) electrons. The second-order valence-corrected chi connectivity index (χ2v) is 11.9. The lowest BCUT2D eigenvalue weighted by molar-refractivity contribution is -0.165. The van der Waals surface area contributed by atoms with Gasteiger partial charge in [-0.15, -0.1) is 0 Å². The maximum Gasteiger partial charge on any atom is 0.311 e. The summed E-state index contributed by atoms with van der Waals surface area (Å²) in [6.07, 6.45) is 3.09. The second-order valence-electron chi connectivity index (χ2n) is 9.96. The van der Waals surface area contributed by atoms with Crippen molar-refractivity contribution in [1.29, 1.82) is 5.26 Å². The summed E-state index contributed by atoms with van der Waals surface area (Å²) in [5, 5.41) is 17.5. The van der Waals surface area contributed by atoms with Gasteiger partial charge in [-0.1, -0.05) is 12.1 Å². The molecule has 8 nitrogen and oxygen atoms in total. The van der Waals surface area contributed by atoms with Gasteiger partial charge in [0, 0.05) is 24.9 Å². The van der Waals surface area contributed by atoms with Gasteiger partial charge in [0.15, 0.2) is 9.84 Å². The van der Waals surface area contributed by atoms with E-state index in [0.29, 0.717) is 23.5 Å². The Balaban J connectivity index is 1.63. The summed E-state index contributed by atoms with van der Waals surface area (Å²) in [6.45, 7) is 8.96. The van der Waals surface area contributed by atoms with Crippen LogP contribution in [0.25, 0.3) is 6.08 Å². The minimum atomic E-state index is -3.56. The molecule has 1 atom stereocenters. The highest BCUT2D eigenvalue weighted by Crippen LogP contribution is 2.32. The van der Waals surface area contributed by atoms with E-state index in [1.165, 1.54) is 6.08 Å². The summed E-state index contributed by atoms with van der Waals surface area (Å²) in [5.74, 6) is -0.192. The highest BCUT2D eigenvalue weighted by atomic mass is 32.2. The van der Waals surface area contributed by atoms with Gasteiger partial charge < -0.3 is 9.64 Å². The summed E-state index contributed by atoms with van der Waals surface area (Å²) < 4.78 is 28.9. The van der Waals surface area contributed by atoms with E-state index in [-0.39, 0.29) is 10.9 Å². The average Bonchev–Trinajstić information content (AvgIpc) is 3.17. The van der Waals surface area contributed by atoms with Crippen molar-refractivity contribution < 1.29 is 17.9 Å². The zero-order valence-corrected chi connectivity index (χ0v) is 21.5. The SMILES string of the molecule is CC(C)(C)C(=O)O[C@@]1(C)CCN(c2ccc(N=Nc3ccc(/C=C(/C#N)S(C)(=O)=O)cc3)cc2)C1. The summed E-state index contributed by atoms with van der Waals surface area (Å²) >= 11 is 0. The van der Waals surface area contributed by atoms with Crippen LogP contribution in [0.1, 0.15) is 39.7 Å². The van der Waals surface area contributed by atoms with Crippen LogP contribution in [0.4, 0.5) is 17.1 Å². The van der Waals surface area contributed by atoms with Crippen LogP contribution in [-0.4, -0.2) is 39.3 Å². The monoisotopic (exact) mass is 494 g/mol. The molecule has 0 amide bonds. The van der Waals surface area contributed by atoms with E-state index in [1.807, 2.05) is 52.0 Å². The first-order chi connectivity index (χ1) is 16.3. The molecule has 0 N–H and O–H groups in total. The molecule has 2 aromatic carbocycles. The number of nitrogens with zero attached hydrogens (tertiary/aromatic N) is 4. The molecule has 184 valence electrons. The van der Waals surface area contributed by atoms with Crippen LogP contribution < -0.4 is 4.90 Å². The molecule has 1 heterocycles. The molecule has 1 saturated heterocycles. The number of hydrogen-bond donors (Lipinski definition) is 0. The number of nitriles is 1. The van der Waals surface area contributed by atoms with Gasteiger partial charge >= 0.3 is 5.97 Å². The molecule has 0 aliphatic carbocycles. The van der Waals surface area contributed by atoms with Crippen molar-refractivity contribution in [2.45, 2.75) is 39.7 Å². The topological polar surface area (TPSA) is 112 Å². The molecule has 3 rings (SSSR count). The number of rotatable bonds is 6. The number of anilines is 1. The van der Waals surface area contributed by atoms with Crippen molar-refractivity contribution in [3.05, 3.63) is 59.0 Å². The summed E-state index contributed by atoms with van der Waals surface area (Å²) in [6, 6.07) is 16.1. The van der Waals surface area contributed by atoms with Gasteiger partial charge in [-0.2, -0.15) is 15.5 Å².